The van der Waals surface area contributed by atoms with Gasteiger partial charge in [-0.2, -0.15) is 0 Å². The number of imide groups is 1. The zero-order valence-corrected chi connectivity index (χ0v) is 32.3. The molecule has 3 aromatic heterocycles. The monoisotopic (exact) mass is 766 g/mol. The van der Waals surface area contributed by atoms with Crippen LogP contribution in [-0.4, -0.2) is 72.7 Å². The Kier molecular flexibility index (Phi) is 8.77. The number of anilines is 1. The third kappa shape index (κ3) is 6.40. The third-order valence-corrected chi connectivity index (χ3v) is 12.9. The lowest BCUT2D eigenvalue weighted by atomic mass is 9.79. The maximum atomic E-state index is 13.6. The van der Waals surface area contributed by atoms with E-state index in [1.165, 1.54) is 61.3 Å². The van der Waals surface area contributed by atoms with Crippen molar-refractivity contribution in [2.24, 2.45) is 12.5 Å². The molecule has 4 aliphatic rings. The van der Waals surface area contributed by atoms with Crippen molar-refractivity contribution in [1.29, 1.82) is 0 Å². The first kappa shape index (κ1) is 35.6. The minimum absolute atomic E-state index is 0.228. The van der Waals surface area contributed by atoms with Gasteiger partial charge in [-0.3, -0.25) is 28.6 Å². The van der Waals surface area contributed by atoms with Crippen molar-refractivity contribution in [3.05, 3.63) is 113 Å². The Labute approximate surface area is 330 Å². The number of piperidine rings is 1. The Morgan fingerprint density at radius 3 is 2.58 bits per heavy atom. The number of nitrogens with zero attached hydrogens (tertiary/aromatic N) is 7. The summed E-state index contributed by atoms with van der Waals surface area (Å²) < 4.78 is 21.3. The summed E-state index contributed by atoms with van der Waals surface area (Å²) in [7, 11) is 1.75. The highest BCUT2D eigenvalue weighted by Crippen LogP contribution is 2.42. The average Bonchev–Trinajstić information content (AvgIpc) is 3.99. The Morgan fingerprint density at radius 1 is 0.895 bits per heavy atom. The third-order valence-electron chi connectivity index (χ3n) is 12.9. The smallest absolute Gasteiger partial charge is 0.329 e. The van der Waals surface area contributed by atoms with E-state index in [-0.39, 0.29) is 23.8 Å². The van der Waals surface area contributed by atoms with Crippen LogP contribution in [0.5, 0.6) is 0 Å². The van der Waals surface area contributed by atoms with E-state index in [2.05, 4.69) is 66.8 Å². The number of imidazole rings is 2. The van der Waals surface area contributed by atoms with Gasteiger partial charge in [0.2, 0.25) is 11.8 Å². The second-order valence-electron chi connectivity index (χ2n) is 16.7. The van der Waals surface area contributed by atoms with E-state index in [0.717, 1.165) is 84.8 Å². The number of fused-ring (bicyclic) bond motifs is 6. The minimum atomic E-state index is -0.660. The van der Waals surface area contributed by atoms with E-state index in [4.69, 9.17) is 4.98 Å². The number of halogens is 1. The molecule has 0 bridgehead atoms. The van der Waals surface area contributed by atoms with Crippen LogP contribution >= 0.6 is 0 Å². The maximum Gasteiger partial charge on any atom is 0.329 e. The Hall–Kier alpha value is -5.75. The molecule has 1 N–H and O–H groups in total. The second-order valence-corrected chi connectivity index (χ2v) is 16.7. The molecule has 7 heterocycles. The molecule has 0 radical (unpaired) electrons. The van der Waals surface area contributed by atoms with Crippen molar-refractivity contribution in [2.45, 2.75) is 64.0 Å². The molecule has 1 atom stereocenters. The summed E-state index contributed by atoms with van der Waals surface area (Å²) in [6.07, 6.45) is 13.5. The van der Waals surface area contributed by atoms with Crippen molar-refractivity contribution < 1.29 is 14.0 Å². The van der Waals surface area contributed by atoms with E-state index < -0.39 is 11.9 Å². The fourth-order valence-electron chi connectivity index (χ4n) is 9.92. The van der Waals surface area contributed by atoms with Crippen LogP contribution in [0.4, 0.5) is 10.1 Å². The van der Waals surface area contributed by atoms with Gasteiger partial charge in [0, 0.05) is 81.4 Å². The largest absolute Gasteiger partial charge is 0.371 e. The number of aromatic nitrogens is 5. The van der Waals surface area contributed by atoms with Gasteiger partial charge in [-0.1, -0.05) is 31.0 Å². The molecule has 0 aliphatic carbocycles. The summed E-state index contributed by atoms with van der Waals surface area (Å²) in [6, 6.07) is 21.2. The lowest BCUT2D eigenvalue weighted by molar-refractivity contribution is -0.135. The molecule has 1 unspecified atom stereocenters. The van der Waals surface area contributed by atoms with Crippen LogP contribution in [0.15, 0.2) is 90.1 Å². The molecule has 3 aromatic carbocycles. The molecule has 2 amide bonds. The van der Waals surface area contributed by atoms with E-state index >= 15 is 0 Å². The molecule has 0 saturated carbocycles. The average molecular weight is 767 g/mol. The van der Waals surface area contributed by atoms with Crippen molar-refractivity contribution in [3.8, 4) is 28.3 Å². The number of unbranched alkanes of at least 4 members (excludes halogenated alkanes) is 3. The highest BCUT2D eigenvalue weighted by molar-refractivity contribution is 6.00. The number of carbonyl (C=O) groups excluding carboxylic acids is 2. The van der Waals surface area contributed by atoms with E-state index in [0.29, 0.717) is 11.8 Å². The Morgan fingerprint density at radius 2 is 1.74 bits per heavy atom. The summed E-state index contributed by atoms with van der Waals surface area (Å²) in [5.74, 6) is -0.00755. The standard InChI is InChI=1S/C45H47FN8O3/c1-49-39-22-30(7-13-37(39)54(44(49)57)38-15-16-41(55)48-43(38)56)6-4-2-3-5-19-50-27-45(28-50)17-20-51(29-45)35-12-14-36-33(23-35)26-52-25-32(31-8-10-34(46)11-9-31)24-40(52)42-47-18-21-53(36)42/h7-14,18,21-25,38H,2-6,15-17,19-20,26-29H2,1H3,(H,48,55,56). The van der Waals surface area contributed by atoms with Crippen LogP contribution in [0.2, 0.25) is 0 Å². The summed E-state index contributed by atoms with van der Waals surface area (Å²) in [5.41, 5.74) is 9.71. The van der Waals surface area contributed by atoms with Gasteiger partial charge < -0.3 is 14.4 Å². The fourth-order valence-corrected chi connectivity index (χ4v) is 9.92. The highest BCUT2D eigenvalue weighted by Gasteiger charge is 2.47. The number of likely N-dealkylation sites (tertiary alicyclic amines) is 1. The number of carbonyl (C=O) groups is 2. The first-order valence-electron chi connectivity index (χ1n) is 20.4. The molecule has 3 saturated heterocycles. The molecule has 1 spiro atoms. The molecule has 3 fully saturated rings. The summed E-state index contributed by atoms with van der Waals surface area (Å²) in [6.45, 7) is 6.40. The quantitative estimate of drug-likeness (QED) is 0.127. The van der Waals surface area contributed by atoms with Crippen LogP contribution in [0, 0.1) is 11.2 Å². The molecule has 6 aromatic rings. The lowest BCUT2D eigenvalue weighted by Crippen LogP contribution is -2.57. The van der Waals surface area contributed by atoms with Crippen LogP contribution in [0.3, 0.4) is 0 Å². The van der Waals surface area contributed by atoms with Crippen LogP contribution < -0.4 is 15.9 Å². The van der Waals surface area contributed by atoms with Crippen molar-refractivity contribution >= 4 is 28.5 Å². The van der Waals surface area contributed by atoms with Gasteiger partial charge in [-0.15, -0.1) is 0 Å². The van der Waals surface area contributed by atoms with Gasteiger partial charge in [-0.25, -0.2) is 14.2 Å². The topological polar surface area (TPSA) is 102 Å². The minimum Gasteiger partial charge on any atom is -0.371 e. The van der Waals surface area contributed by atoms with Gasteiger partial charge in [0.15, 0.2) is 5.82 Å². The number of hydrogen-bond donors (Lipinski definition) is 1. The number of amides is 2. The van der Waals surface area contributed by atoms with Gasteiger partial charge in [0.25, 0.3) is 0 Å². The lowest BCUT2D eigenvalue weighted by Gasteiger charge is -2.48. The summed E-state index contributed by atoms with van der Waals surface area (Å²) in [5, 5.41) is 2.38. The molecule has 11 nitrogen and oxygen atoms in total. The van der Waals surface area contributed by atoms with Crippen molar-refractivity contribution in [3.63, 3.8) is 0 Å². The molecule has 10 rings (SSSR count). The molecule has 57 heavy (non-hydrogen) atoms. The zero-order chi connectivity index (χ0) is 38.8. The molecule has 4 aliphatic heterocycles. The number of benzene rings is 3. The van der Waals surface area contributed by atoms with E-state index in [9.17, 15) is 18.8 Å². The normalized spacial score (nSPS) is 18.7. The summed E-state index contributed by atoms with van der Waals surface area (Å²) >= 11 is 0. The van der Waals surface area contributed by atoms with E-state index in [1.54, 1.807) is 16.2 Å². The predicted octanol–water partition coefficient (Wildman–Crippen LogP) is 6.45. The van der Waals surface area contributed by atoms with Crippen LogP contribution in [0.25, 0.3) is 39.4 Å². The van der Waals surface area contributed by atoms with Gasteiger partial charge >= 0.3 is 5.69 Å². The first-order chi connectivity index (χ1) is 27.7. The molecule has 12 heteroatoms. The SMILES string of the molecule is Cn1c(=O)n(C2CCC(=O)NC2=O)c2ccc(CCCCCCN3CC4(CCN(c5ccc6c(c5)Cn5cc(-c7ccc(F)cc7)cc5-c5nccn5-6)C4)C3)cc21. The Balaban J connectivity index is 0.712. The number of hydrogen-bond acceptors (Lipinski definition) is 6. The Bertz CT molecular complexity index is 2590. The second kappa shape index (κ2) is 14.0. The first-order valence-corrected chi connectivity index (χ1v) is 20.4. The fraction of sp³-hybridized carbons (Fsp3) is 0.378. The van der Waals surface area contributed by atoms with E-state index in [1.807, 2.05) is 30.6 Å². The number of aryl methyl sites for hydroxylation is 2. The van der Waals surface area contributed by atoms with Crippen molar-refractivity contribution in [1.82, 2.24) is 33.5 Å². The highest BCUT2D eigenvalue weighted by atomic mass is 19.1. The molecule has 292 valence electrons. The zero-order valence-electron chi connectivity index (χ0n) is 32.3. The van der Waals surface area contributed by atoms with Gasteiger partial charge in [0.05, 0.1) is 22.4 Å². The summed E-state index contributed by atoms with van der Waals surface area (Å²) in [4.78, 5) is 47.2. The number of nitrogens with one attached hydrogen (secondary N) is 1. The molecular formula is C45H47FN8O3. The van der Waals surface area contributed by atoms with Gasteiger partial charge in [-0.05, 0) is 104 Å². The predicted molar refractivity (Wildman–Crippen MR) is 218 cm³/mol. The molecular weight excluding hydrogens is 720 g/mol. The van der Waals surface area contributed by atoms with Crippen LogP contribution in [0.1, 0.15) is 62.1 Å². The van der Waals surface area contributed by atoms with Gasteiger partial charge in [0.1, 0.15) is 11.9 Å². The van der Waals surface area contributed by atoms with Crippen molar-refractivity contribution in [2.75, 3.05) is 37.6 Å². The number of rotatable bonds is 10. The van der Waals surface area contributed by atoms with Crippen LogP contribution in [-0.2, 0) is 29.6 Å². The maximum absolute atomic E-state index is 13.6.